The molecule has 0 aromatic rings. The molecule has 0 amide bonds. The van der Waals surface area contributed by atoms with Crippen LogP contribution in [0.2, 0.25) is 0 Å². The standard InChI is InChI=1S/C8H16N2O2S2/c1-7(6-13-3)5-10-14(11,12)8(2)4-9/h7-8,10H,5-6H2,1-3H3. The van der Waals surface area contributed by atoms with Gasteiger partial charge >= 0.3 is 0 Å². The molecule has 0 fully saturated rings. The number of hydrogen-bond donors (Lipinski definition) is 1. The predicted molar refractivity (Wildman–Crippen MR) is 59.5 cm³/mol. The lowest BCUT2D eigenvalue weighted by atomic mass is 10.2. The molecule has 0 saturated carbocycles. The van der Waals surface area contributed by atoms with Crippen LogP contribution in [0.4, 0.5) is 0 Å². The van der Waals surface area contributed by atoms with E-state index in [4.69, 9.17) is 5.26 Å². The molecule has 1 N–H and O–H groups in total. The summed E-state index contributed by atoms with van der Waals surface area (Å²) in [5.74, 6) is 1.19. The van der Waals surface area contributed by atoms with Crippen molar-refractivity contribution in [3.8, 4) is 6.07 Å². The number of rotatable bonds is 6. The Kier molecular flexibility index (Phi) is 6.16. The first-order chi connectivity index (χ1) is 6.44. The fraction of sp³-hybridized carbons (Fsp3) is 0.875. The number of nitrogens with one attached hydrogen (secondary N) is 1. The molecule has 14 heavy (non-hydrogen) atoms. The second kappa shape index (κ2) is 6.27. The smallest absolute Gasteiger partial charge is 0.214 e. The Morgan fingerprint density at radius 3 is 2.50 bits per heavy atom. The van der Waals surface area contributed by atoms with Crippen LogP contribution in [-0.4, -0.2) is 32.2 Å². The Bertz CT molecular complexity index is 295. The third-order valence-corrected chi connectivity index (χ3v) is 4.24. The molecular formula is C8H16N2O2S2. The minimum absolute atomic E-state index is 0.283. The zero-order valence-electron chi connectivity index (χ0n) is 8.65. The quantitative estimate of drug-likeness (QED) is 0.741. The third kappa shape index (κ3) is 4.84. The summed E-state index contributed by atoms with van der Waals surface area (Å²) in [5.41, 5.74) is 0. The lowest BCUT2D eigenvalue weighted by Gasteiger charge is -2.12. The van der Waals surface area contributed by atoms with Crippen LogP contribution in [0.1, 0.15) is 13.8 Å². The van der Waals surface area contributed by atoms with Gasteiger partial charge in [0, 0.05) is 6.54 Å². The summed E-state index contributed by atoms with van der Waals surface area (Å²) in [6, 6.07) is 1.71. The normalized spacial score (nSPS) is 15.9. The number of nitriles is 1. The largest absolute Gasteiger partial charge is 0.227 e. The van der Waals surface area contributed by atoms with Gasteiger partial charge in [0.2, 0.25) is 10.0 Å². The van der Waals surface area contributed by atoms with Crippen molar-refractivity contribution in [2.24, 2.45) is 5.92 Å². The molecule has 0 radical (unpaired) electrons. The van der Waals surface area contributed by atoms with Crippen LogP contribution in [0.3, 0.4) is 0 Å². The van der Waals surface area contributed by atoms with Crippen LogP contribution >= 0.6 is 11.8 Å². The van der Waals surface area contributed by atoms with Crippen LogP contribution < -0.4 is 4.72 Å². The maximum absolute atomic E-state index is 11.3. The Balaban J connectivity index is 4.08. The summed E-state index contributed by atoms with van der Waals surface area (Å²) < 4.78 is 25.1. The summed E-state index contributed by atoms with van der Waals surface area (Å²) >= 11 is 1.67. The SMILES string of the molecule is CSCC(C)CNS(=O)(=O)C(C)C#N. The van der Waals surface area contributed by atoms with Crippen molar-refractivity contribution in [3.05, 3.63) is 0 Å². The van der Waals surface area contributed by atoms with Crippen molar-refractivity contribution in [1.82, 2.24) is 4.72 Å². The zero-order chi connectivity index (χ0) is 11.2. The molecule has 82 valence electrons. The fourth-order valence-corrected chi connectivity index (χ4v) is 2.39. The van der Waals surface area contributed by atoms with Gasteiger partial charge in [0.05, 0.1) is 6.07 Å². The third-order valence-electron chi connectivity index (χ3n) is 1.73. The Morgan fingerprint density at radius 2 is 2.07 bits per heavy atom. The molecule has 2 atom stereocenters. The first-order valence-electron chi connectivity index (χ1n) is 4.31. The van der Waals surface area contributed by atoms with Gasteiger partial charge in [0.1, 0.15) is 0 Å². The maximum Gasteiger partial charge on any atom is 0.227 e. The molecule has 0 aliphatic heterocycles. The topological polar surface area (TPSA) is 70.0 Å². The van der Waals surface area contributed by atoms with Crippen LogP contribution in [0.15, 0.2) is 0 Å². The van der Waals surface area contributed by atoms with E-state index in [9.17, 15) is 8.42 Å². The van der Waals surface area contributed by atoms with E-state index in [1.165, 1.54) is 6.92 Å². The average molecular weight is 236 g/mol. The van der Waals surface area contributed by atoms with Crippen LogP contribution in [-0.2, 0) is 10.0 Å². The maximum atomic E-state index is 11.3. The van der Waals surface area contributed by atoms with Crippen molar-refractivity contribution in [2.45, 2.75) is 19.1 Å². The highest BCUT2D eigenvalue weighted by molar-refractivity contribution is 7.98. The Labute approximate surface area is 90.1 Å². The molecule has 0 aliphatic rings. The molecule has 4 nitrogen and oxygen atoms in total. The van der Waals surface area contributed by atoms with Crippen molar-refractivity contribution >= 4 is 21.8 Å². The summed E-state index contributed by atoms with van der Waals surface area (Å²) in [4.78, 5) is 0. The van der Waals surface area contributed by atoms with E-state index in [0.717, 1.165) is 5.75 Å². The van der Waals surface area contributed by atoms with Crippen molar-refractivity contribution in [2.75, 3.05) is 18.6 Å². The summed E-state index contributed by atoms with van der Waals surface area (Å²) in [7, 11) is -3.44. The second-order valence-electron chi connectivity index (χ2n) is 3.23. The van der Waals surface area contributed by atoms with Gasteiger partial charge in [0.25, 0.3) is 0 Å². The molecule has 0 heterocycles. The number of nitrogens with zero attached hydrogens (tertiary/aromatic N) is 1. The molecule has 0 rings (SSSR count). The molecule has 0 aromatic carbocycles. The van der Waals surface area contributed by atoms with Gasteiger partial charge in [-0.3, -0.25) is 0 Å². The molecule has 0 aliphatic carbocycles. The van der Waals surface area contributed by atoms with Gasteiger partial charge < -0.3 is 0 Å². The minimum Gasteiger partial charge on any atom is -0.214 e. The second-order valence-corrected chi connectivity index (χ2v) is 6.22. The van der Waals surface area contributed by atoms with E-state index in [0.29, 0.717) is 6.54 Å². The van der Waals surface area contributed by atoms with E-state index in [2.05, 4.69) is 4.72 Å². The highest BCUT2D eigenvalue weighted by Gasteiger charge is 2.19. The Morgan fingerprint density at radius 1 is 1.50 bits per heavy atom. The zero-order valence-corrected chi connectivity index (χ0v) is 10.3. The highest BCUT2D eigenvalue weighted by atomic mass is 32.2. The number of thioether (sulfide) groups is 1. The lowest BCUT2D eigenvalue weighted by molar-refractivity contribution is 0.559. The van der Waals surface area contributed by atoms with E-state index in [1.807, 2.05) is 13.2 Å². The molecule has 0 aromatic heterocycles. The van der Waals surface area contributed by atoms with Crippen molar-refractivity contribution in [3.63, 3.8) is 0 Å². The molecule has 0 bridgehead atoms. The van der Waals surface area contributed by atoms with Gasteiger partial charge in [-0.25, -0.2) is 13.1 Å². The van der Waals surface area contributed by atoms with Gasteiger partial charge in [-0.2, -0.15) is 17.0 Å². The first-order valence-corrected chi connectivity index (χ1v) is 7.25. The highest BCUT2D eigenvalue weighted by Crippen LogP contribution is 2.04. The molecule has 0 saturated heterocycles. The summed E-state index contributed by atoms with van der Waals surface area (Å²) in [6.07, 6.45) is 1.98. The Hall–Kier alpha value is -0.250. The van der Waals surface area contributed by atoms with Crippen LogP contribution in [0, 0.1) is 17.2 Å². The van der Waals surface area contributed by atoms with Gasteiger partial charge in [-0.05, 0) is 24.9 Å². The van der Waals surface area contributed by atoms with E-state index >= 15 is 0 Å². The van der Waals surface area contributed by atoms with E-state index in [1.54, 1.807) is 17.8 Å². The molecular weight excluding hydrogens is 220 g/mol. The van der Waals surface area contributed by atoms with Gasteiger partial charge in [-0.15, -0.1) is 0 Å². The monoisotopic (exact) mass is 236 g/mol. The van der Waals surface area contributed by atoms with Gasteiger partial charge in [0.15, 0.2) is 5.25 Å². The molecule has 0 spiro atoms. The minimum atomic E-state index is -3.44. The van der Waals surface area contributed by atoms with E-state index in [-0.39, 0.29) is 5.92 Å². The fourth-order valence-electron chi connectivity index (χ4n) is 0.796. The van der Waals surface area contributed by atoms with Crippen LogP contribution in [0.5, 0.6) is 0 Å². The van der Waals surface area contributed by atoms with E-state index < -0.39 is 15.3 Å². The predicted octanol–water partition coefficient (Wildman–Crippen LogP) is 0.817. The summed E-state index contributed by atoms with van der Waals surface area (Å²) in [6.45, 7) is 3.74. The molecule has 6 heteroatoms. The summed E-state index contributed by atoms with van der Waals surface area (Å²) in [5, 5.41) is 7.48. The van der Waals surface area contributed by atoms with Crippen molar-refractivity contribution in [1.29, 1.82) is 5.26 Å². The van der Waals surface area contributed by atoms with Gasteiger partial charge in [-0.1, -0.05) is 6.92 Å². The van der Waals surface area contributed by atoms with Crippen LogP contribution in [0.25, 0.3) is 0 Å². The number of sulfonamides is 1. The lowest BCUT2D eigenvalue weighted by Crippen LogP contribution is -2.35. The first kappa shape index (κ1) is 13.8. The van der Waals surface area contributed by atoms with Crippen molar-refractivity contribution < 1.29 is 8.42 Å². The molecule has 2 unspecified atom stereocenters. The average Bonchev–Trinajstić information content (AvgIpc) is 2.14. The number of hydrogen-bond acceptors (Lipinski definition) is 4.